The molecule has 0 radical (unpaired) electrons. The Labute approximate surface area is 138 Å². The fourth-order valence-electron chi connectivity index (χ4n) is 2.28. The summed E-state index contributed by atoms with van der Waals surface area (Å²) in [4.78, 5) is 1.84. The number of ether oxygens (including phenoxy) is 1. The molecule has 1 aliphatic heterocycles. The van der Waals surface area contributed by atoms with E-state index in [9.17, 15) is 8.78 Å². The predicted octanol–water partition coefficient (Wildman–Crippen LogP) is 4.07. The summed E-state index contributed by atoms with van der Waals surface area (Å²) in [5.74, 6) is 1.36. The van der Waals surface area contributed by atoms with Crippen LogP contribution in [0.2, 0.25) is 0 Å². The number of benzene rings is 1. The molecule has 0 bridgehead atoms. The molecule has 0 aromatic heterocycles. The van der Waals surface area contributed by atoms with Gasteiger partial charge in [-0.1, -0.05) is 0 Å². The molecular formula is C14H19ClF2INO. The first-order chi connectivity index (χ1) is 9.13. The summed E-state index contributed by atoms with van der Waals surface area (Å²) in [6.45, 7) is 2.10. The van der Waals surface area contributed by atoms with Crippen LogP contribution < -0.4 is 4.74 Å². The number of hydrogen-bond acceptors (Lipinski definition) is 2. The van der Waals surface area contributed by atoms with Gasteiger partial charge in [-0.2, -0.15) is 0 Å². The van der Waals surface area contributed by atoms with Crippen LogP contribution in [0, 0.1) is 9.49 Å². The van der Waals surface area contributed by atoms with Crippen LogP contribution in [0.4, 0.5) is 8.78 Å². The van der Waals surface area contributed by atoms with Crippen molar-refractivity contribution in [2.24, 2.45) is 5.92 Å². The number of hydrogen-bond donors (Lipinski definition) is 0. The zero-order valence-electron chi connectivity index (χ0n) is 11.1. The maximum atomic E-state index is 12.3. The summed E-state index contributed by atoms with van der Waals surface area (Å²) in [5.41, 5.74) is 0. The molecule has 20 heavy (non-hydrogen) atoms. The maximum Gasteiger partial charge on any atom is 0.251 e. The molecule has 1 saturated heterocycles. The Bertz CT molecular complexity index is 383. The van der Waals surface area contributed by atoms with E-state index in [0.717, 1.165) is 31.7 Å². The second-order valence-corrected chi connectivity index (χ2v) is 6.15. The van der Waals surface area contributed by atoms with E-state index in [1.54, 1.807) is 0 Å². The molecular weight excluding hydrogens is 399 g/mol. The second-order valence-electron chi connectivity index (χ2n) is 4.90. The molecule has 0 saturated carbocycles. The van der Waals surface area contributed by atoms with Crippen LogP contribution in [0.1, 0.15) is 12.8 Å². The molecule has 1 fully saturated rings. The monoisotopic (exact) mass is 417 g/mol. The average Bonchev–Trinajstić information content (AvgIpc) is 2.39. The van der Waals surface area contributed by atoms with Crippen molar-refractivity contribution in [2.45, 2.75) is 19.3 Å². The highest BCUT2D eigenvalue weighted by atomic mass is 127. The zero-order chi connectivity index (χ0) is 13.7. The molecule has 1 aromatic carbocycles. The molecule has 6 heteroatoms. The number of likely N-dealkylation sites (tertiary alicyclic amines) is 1. The lowest BCUT2D eigenvalue weighted by Gasteiger charge is -2.31. The van der Waals surface area contributed by atoms with Crippen LogP contribution in [0.25, 0.3) is 0 Å². The van der Waals surface area contributed by atoms with Gasteiger partial charge in [0.05, 0.1) is 13.2 Å². The van der Waals surface area contributed by atoms with Crippen molar-refractivity contribution < 1.29 is 13.5 Å². The highest BCUT2D eigenvalue weighted by Crippen LogP contribution is 2.20. The predicted molar refractivity (Wildman–Crippen MR) is 87.1 cm³/mol. The topological polar surface area (TPSA) is 12.5 Å². The largest absolute Gasteiger partial charge is 0.493 e. The van der Waals surface area contributed by atoms with Gasteiger partial charge in [0.1, 0.15) is 5.75 Å². The van der Waals surface area contributed by atoms with E-state index in [1.165, 1.54) is 3.57 Å². The van der Waals surface area contributed by atoms with Crippen molar-refractivity contribution in [2.75, 3.05) is 26.2 Å². The van der Waals surface area contributed by atoms with E-state index < -0.39 is 6.43 Å². The van der Waals surface area contributed by atoms with Crippen LogP contribution >= 0.6 is 35.0 Å². The van der Waals surface area contributed by atoms with E-state index >= 15 is 0 Å². The Hall–Kier alpha value is -0.140. The van der Waals surface area contributed by atoms with E-state index in [0.29, 0.717) is 12.5 Å². The van der Waals surface area contributed by atoms with Crippen molar-refractivity contribution in [1.29, 1.82) is 0 Å². The SMILES string of the molecule is Cl.FC(F)CN1CCC(COc2ccc(I)cc2)CC1. The van der Waals surface area contributed by atoms with Crippen LogP contribution in [-0.2, 0) is 0 Å². The Morgan fingerprint density at radius 1 is 1.20 bits per heavy atom. The number of piperidine rings is 1. The Balaban J connectivity index is 0.00000200. The van der Waals surface area contributed by atoms with Crippen LogP contribution in [0.15, 0.2) is 24.3 Å². The fraction of sp³-hybridized carbons (Fsp3) is 0.571. The Morgan fingerprint density at radius 3 is 2.35 bits per heavy atom. The van der Waals surface area contributed by atoms with Gasteiger partial charge in [-0.05, 0) is 78.7 Å². The van der Waals surface area contributed by atoms with Gasteiger partial charge in [-0.3, -0.25) is 4.90 Å². The smallest absolute Gasteiger partial charge is 0.251 e. The molecule has 0 atom stereocenters. The fourth-order valence-corrected chi connectivity index (χ4v) is 2.64. The highest BCUT2D eigenvalue weighted by molar-refractivity contribution is 14.1. The molecule has 1 heterocycles. The number of alkyl halides is 2. The average molecular weight is 418 g/mol. The third kappa shape index (κ3) is 6.10. The summed E-state index contributed by atoms with van der Waals surface area (Å²) < 4.78 is 31.4. The molecule has 1 aromatic rings. The van der Waals surface area contributed by atoms with Gasteiger partial charge < -0.3 is 4.74 Å². The lowest BCUT2D eigenvalue weighted by atomic mass is 9.98. The van der Waals surface area contributed by atoms with Crippen molar-refractivity contribution >= 4 is 35.0 Å². The Morgan fingerprint density at radius 2 is 1.80 bits per heavy atom. The van der Waals surface area contributed by atoms with Gasteiger partial charge in [0.2, 0.25) is 0 Å². The molecule has 0 amide bonds. The quantitative estimate of drug-likeness (QED) is 0.670. The van der Waals surface area contributed by atoms with Crippen LogP contribution in [0.3, 0.4) is 0 Å². The summed E-state index contributed by atoms with van der Waals surface area (Å²) in [6, 6.07) is 7.96. The van der Waals surface area contributed by atoms with Gasteiger partial charge in [0.15, 0.2) is 0 Å². The van der Waals surface area contributed by atoms with Crippen LogP contribution in [0.5, 0.6) is 5.75 Å². The third-order valence-electron chi connectivity index (χ3n) is 3.40. The Kier molecular flexibility index (Phi) is 8.06. The molecule has 114 valence electrons. The van der Waals surface area contributed by atoms with Crippen LogP contribution in [-0.4, -0.2) is 37.6 Å². The van der Waals surface area contributed by atoms with E-state index in [-0.39, 0.29) is 19.0 Å². The van der Waals surface area contributed by atoms with Crippen molar-refractivity contribution in [1.82, 2.24) is 4.90 Å². The summed E-state index contributed by atoms with van der Waals surface area (Å²) in [6.07, 6.45) is -0.339. The van der Waals surface area contributed by atoms with E-state index in [4.69, 9.17) is 4.74 Å². The number of halogens is 4. The molecule has 1 aliphatic rings. The van der Waals surface area contributed by atoms with Crippen molar-refractivity contribution in [3.8, 4) is 5.75 Å². The number of rotatable bonds is 5. The van der Waals surface area contributed by atoms with E-state index in [1.807, 2.05) is 29.2 Å². The standard InChI is InChI=1S/C14H18F2INO.ClH/c15-14(16)9-18-7-5-11(6-8-18)10-19-13-3-1-12(17)2-4-13;/h1-4,11,14H,5-10H2;1H. The van der Waals surface area contributed by atoms with Gasteiger partial charge in [-0.25, -0.2) is 8.78 Å². The van der Waals surface area contributed by atoms with Crippen molar-refractivity contribution in [3.05, 3.63) is 27.8 Å². The maximum absolute atomic E-state index is 12.3. The van der Waals surface area contributed by atoms with Gasteiger partial charge in [0, 0.05) is 3.57 Å². The minimum absolute atomic E-state index is 0. The zero-order valence-corrected chi connectivity index (χ0v) is 14.1. The van der Waals surface area contributed by atoms with Gasteiger partial charge >= 0.3 is 0 Å². The summed E-state index contributed by atoms with van der Waals surface area (Å²) in [5, 5.41) is 0. The molecule has 0 spiro atoms. The minimum Gasteiger partial charge on any atom is -0.493 e. The number of nitrogens with zero attached hydrogens (tertiary/aromatic N) is 1. The highest BCUT2D eigenvalue weighted by Gasteiger charge is 2.21. The normalized spacial score (nSPS) is 17.0. The summed E-state index contributed by atoms with van der Waals surface area (Å²) in [7, 11) is 0. The molecule has 0 N–H and O–H groups in total. The lowest BCUT2D eigenvalue weighted by molar-refractivity contribution is 0.0620. The summed E-state index contributed by atoms with van der Waals surface area (Å²) >= 11 is 2.26. The first-order valence-electron chi connectivity index (χ1n) is 6.52. The molecule has 2 rings (SSSR count). The third-order valence-corrected chi connectivity index (χ3v) is 4.12. The first-order valence-corrected chi connectivity index (χ1v) is 7.60. The first kappa shape index (κ1) is 17.9. The lowest BCUT2D eigenvalue weighted by Crippen LogP contribution is -2.38. The minimum atomic E-state index is -2.22. The second kappa shape index (κ2) is 9.00. The van der Waals surface area contributed by atoms with Crippen molar-refractivity contribution in [3.63, 3.8) is 0 Å². The molecule has 0 aliphatic carbocycles. The van der Waals surface area contributed by atoms with Gasteiger partial charge in [0.25, 0.3) is 6.43 Å². The molecule has 0 unspecified atom stereocenters. The van der Waals surface area contributed by atoms with E-state index in [2.05, 4.69) is 22.6 Å². The van der Waals surface area contributed by atoms with Gasteiger partial charge in [-0.15, -0.1) is 12.4 Å². The molecule has 2 nitrogen and oxygen atoms in total.